The fraction of sp³-hybridized carbons (Fsp3) is 0.324. The third-order valence-corrected chi connectivity index (χ3v) is 8.37. The van der Waals surface area contributed by atoms with Crippen molar-refractivity contribution in [3.63, 3.8) is 0 Å². The first kappa shape index (κ1) is 33.1. The largest absolute Gasteiger partial charge is 0.361 e. The summed E-state index contributed by atoms with van der Waals surface area (Å²) in [6.45, 7) is 4.35. The average Bonchev–Trinajstić information content (AvgIpc) is 3.74. The van der Waals surface area contributed by atoms with Crippen molar-refractivity contribution in [1.82, 2.24) is 30.9 Å². The number of carbonyl (C=O) groups excluding carboxylic acids is 4. The maximum Gasteiger partial charge on any atom is 0.243 e. The summed E-state index contributed by atoms with van der Waals surface area (Å²) in [5, 5.41) is 11.8. The number of aromatic amines is 2. The van der Waals surface area contributed by atoms with E-state index in [0.29, 0.717) is 31.5 Å². The predicted octanol–water partition coefficient (Wildman–Crippen LogP) is 4.41. The molecule has 0 fully saturated rings. The predicted molar refractivity (Wildman–Crippen MR) is 182 cm³/mol. The molecular formula is C37H42N6O4. The highest BCUT2D eigenvalue weighted by molar-refractivity contribution is 5.93. The average molecular weight is 635 g/mol. The van der Waals surface area contributed by atoms with E-state index in [0.717, 1.165) is 39.1 Å². The summed E-state index contributed by atoms with van der Waals surface area (Å²) in [6, 6.07) is 20.2. The van der Waals surface area contributed by atoms with Gasteiger partial charge in [-0.1, -0.05) is 74.5 Å². The molecule has 0 saturated carbocycles. The molecule has 5 rings (SSSR count). The lowest BCUT2D eigenvalue weighted by atomic mass is 9.91. The van der Waals surface area contributed by atoms with Crippen LogP contribution in [0, 0.1) is 11.8 Å². The first-order valence-corrected chi connectivity index (χ1v) is 16.1. The lowest BCUT2D eigenvalue weighted by Gasteiger charge is -2.24. The minimum absolute atomic E-state index is 0.0638. The van der Waals surface area contributed by atoms with Crippen LogP contribution in [-0.2, 0) is 38.4 Å². The topological polar surface area (TPSA) is 149 Å². The van der Waals surface area contributed by atoms with E-state index in [-0.39, 0.29) is 24.7 Å². The van der Waals surface area contributed by atoms with Crippen LogP contribution in [0.5, 0.6) is 0 Å². The van der Waals surface area contributed by atoms with E-state index in [2.05, 4.69) is 30.9 Å². The van der Waals surface area contributed by atoms with Gasteiger partial charge >= 0.3 is 0 Å². The Bertz CT molecular complexity index is 1810. The zero-order valence-electron chi connectivity index (χ0n) is 26.8. The first-order valence-electron chi connectivity index (χ1n) is 16.1. The molecule has 0 radical (unpaired) electrons. The molecule has 0 spiro atoms. The number of nitrogens with zero attached hydrogens (tertiary/aromatic N) is 1. The van der Waals surface area contributed by atoms with E-state index >= 15 is 0 Å². The summed E-state index contributed by atoms with van der Waals surface area (Å²) in [5.74, 6) is -1.72. The molecule has 3 atom stereocenters. The lowest BCUT2D eigenvalue weighted by molar-refractivity contribution is -0.133. The molecule has 0 aliphatic carbocycles. The van der Waals surface area contributed by atoms with Crippen LogP contribution < -0.4 is 16.0 Å². The van der Waals surface area contributed by atoms with Crippen LogP contribution in [0.25, 0.3) is 21.7 Å². The van der Waals surface area contributed by atoms with Crippen molar-refractivity contribution in [3.8, 4) is 0 Å². The van der Waals surface area contributed by atoms with Gasteiger partial charge in [-0.2, -0.15) is 0 Å². The molecule has 2 heterocycles. The Morgan fingerprint density at radius 2 is 1.62 bits per heavy atom. The van der Waals surface area contributed by atoms with Crippen molar-refractivity contribution in [2.45, 2.75) is 58.0 Å². The van der Waals surface area contributed by atoms with E-state index in [9.17, 15) is 19.2 Å². The normalized spacial score (nSPS) is 13.3. The lowest BCUT2D eigenvalue weighted by Crippen LogP contribution is -2.53. The number of aromatic nitrogens is 3. The number of nitrogens with one attached hydrogen (secondary N) is 5. The fourth-order valence-electron chi connectivity index (χ4n) is 6.02. The minimum Gasteiger partial charge on any atom is -0.361 e. The molecule has 3 amide bonds. The van der Waals surface area contributed by atoms with Crippen LogP contribution in [-0.4, -0.2) is 57.6 Å². The second kappa shape index (κ2) is 15.8. The van der Waals surface area contributed by atoms with Gasteiger partial charge in [0.1, 0.15) is 12.3 Å². The van der Waals surface area contributed by atoms with E-state index in [1.807, 2.05) is 86.8 Å². The zero-order valence-corrected chi connectivity index (χ0v) is 26.8. The summed E-state index contributed by atoms with van der Waals surface area (Å²) in [4.78, 5) is 62.9. The van der Waals surface area contributed by atoms with Gasteiger partial charge in [-0.3, -0.25) is 14.4 Å². The minimum atomic E-state index is -0.988. The van der Waals surface area contributed by atoms with E-state index in [1.54, 1.807) is 6.20 Å². The number of rotatable bonds is 16. The van der Waals surface area contributed by atoms with Gasteiger partial charge in [0, 0.05) is 48.4 Å². The van der Waals surface area contributed by atoms with Crippen molar-refractivity contribution < 1.29 is 19.2 Å². The summed E-state index contributed by atoms with van der Waals surface area (Å²) >= 11 is 0. The SMILES string of the molecule is CC(C)C[C@@H](C=O)NC(=O)[C@H](Cc1cnc[nH]1)NC(=O)C(CC(=O)NCCc1c[nH]c2ccccc12)Cc1cccc2ccccc12. The van der Waals surface area contributed by atoms with Gasteiger partial charge < -0.3 is 30.7 Å². The van der Waals surface area contributed by atoms with Crippen molar-refractivity contribution >= 4 is 45.7 Å². The Hall–Kier alpha value is -5.25. The number of imidazole rings is 1. The Morgan fingerprint density at radius 1 is 0.851 bits per heavy atom. The van der Waals surface area contributed by atoms with Gasteiger partial charge in [-0.05, 0) is 53.1 Å². The van der Waals surface area contributed by atoms with Gasteiger partial charge in [0.25, 0.3) is 0 Å². The number of hydrogen-bond acceptors (Lipinski definition) is 5. The molecule has 0 aliphatic rings. The van der Waals surface area contributed by atoms with Crippen LogP contribution in [0.1, 0.15) is 43.5 Å². The number of fused-ring (bicyclic) bond motifs is 2. The Morgan fingerprint density at radius 3 is 2.38 bits per heavy atom. The molecule has 1 unspecified atom stereocenters. The molecule has 0 aliphatic heterocycles. The number of aldehydes is 1. The highest BCUT2D eigenvalue weighted by atomic mass is 16.2. The third kappa shape index (κ3) is 8.94. The molecule has 47 heavy (non-hydrogen) atoms. The van der Waals surface area contributed by atoms with Crippen molar-refractivity contribution in [2.75, 3.05) is 6.54 Å². The second-order valence-electron chi connectivity index (χ2n) is 12.4. The molecule has 3 aromatic carbocycles. The molecule has 5 N–H and O–H groups in total. The van der Waals surface area contributed by atoms with Crippen LogP contribution in [0.4, 0.5) is 0 Å². The summed E-state index contributed by atoms with van der Waals surface area (Å²) < 4.78 is 0. The maximum atomic E-state index is 14.0. The maximum absolute atomic E-state index is 14.0. The Kier molecular flexibility index (Phi) is 11.2. The first-order chi connectivity index (χ1) is 22.8. The van der Waals surface area contributed by atoms with Crippen molar-refractivity contribution in [2.24, 2.45) is 11.8 Å². The molecule has 5 aromatic rings. The molecule has 10 nitrogen and oxygen atoms in total. The summed E-state index contributed by atoms with van der Waals surface area (Å²) in [7, 11) is 0. The molecule has 0 bridgehead atoms. The van der Waals surface area contributed by atoms with E-state index in [4.69, 9.17) is 0 Å². The number of amides is 3. The number of hydrogen-bond donors (Lipinski definition) is 5. The Labute approximate surface area is 274 Å². The van der Waals surface area contributed by atoms with Gasteiger partial charge in [0.05, 0.1) is 18.3 Å². The van der Waals surface area contributed by atoms with Crippen molar-refractivity contribution in [3.05, 3.63) is 102 Å². The van der Waals surface area contributed by atoms with Gasteiger partial charge in [0.2, 0.25) is 17.7 Å². The highest BCUT2D eigenvalue weighted by Gasteiger charge is 2.29. The monoisotopic (exact) mass is 634 g/mol. The molecule has 10 heteroatoms. The van der Waals surface area contributed by atoms with Crippen LogP contribution >= 0.6 is 0 Å². The molecular weight excluding hydrogens is 592 g/mol. The smallest absolute Gasteiger partial charge is 0.243 e. The van der Waals surface area contributed by atoms with Gasteiger partial charge in [0.15, 0.2) is 0 Å². The highest BCUT2D eigenvalue weighted by Crippen LogP contribution is 2.23. The fourth-order valence-corrected chi connectivity index (χ4v) is 6.02. The molecule has 244 valence electrons. The Balaban J connectivity index is 1.33. The quantitative estimate of drug-likeness (QED) is 0.102. The summed E-state index contributed by atoms with van der Waals surface area (Å²) in [6.07, 6.45) is 7.25. The van der Waals surface area contributed by atoms with Gasteiger partial charge in [-0.15, -0.1) is 0 Å². The third-order valence-electron chi connectivity index (χ3n) is 8.37. The van der Waals surface area contributed by atoms with E-state index in [1.165, 1.54) is 6.33 Å². The number of benzene rings is 3. The van der Waals surface area contributed by atoms with Crippen LogP contribution in [0.3, 0.4) is 0 Å². The zero-order chi connectivity index (χ0) is 33.2. The number of para-hydroxylation sites is 1. The van der Waals surface area contributed by atoms with Gasteiger partial charge in [-0.25, -0.2) is 4.98 Å². The van der Waals surface area contributed by atoms with E-state index < -0.39 is 29.8 Å². The number of H-pyrrole nitrogens is 2. The van der Waals surface area contributed by atoms with Crippen LogP contribution in [0.2, 0.25) is 0 Å². The molecule has 2 aromatic heterocycles. The summed E-state index contributed by atoms with van der Waals surface area (Å²) in [5.41, 5.74) is 3.72. The standard InChI is InChI=1S/C37H42N6O4/c1-24(2)16-30(22-44)42-37(47)34(19-29-21-38-23-41-29)43-36(46)28(17-26-10-7-9-25-8-3-4-11-31(25)26)18-35(45)39-15-14-27-20-40-33-13-6-5-12-32(27)33/h3-13,20-24,28,30,34,40H,14-19H2,1-2H3,(H,38,41)(H,39,45)(H,42,47)(H,43,46)/t28?,30-,34-/m0/s1. The molecule has 0 saturated heterocycles. The number of carbonyl (C=O) groups is 4. The van der Waals surface area contributed by atoms with Crippen LogP contribution in [0.15, 0.2) is 85.5 Å². The second-order valence-corrected chi connectivity index (χ2v) is 12.4. The van der Waals surface area contributed by atoms with Crippen molar-refractivity contribution in [1.29, 1.82) is 0 Å².